The van der Waals surface area contributed by atoms with Crippen molar-refractivity contribution in [2.45, 2.75) is 46.3 Å². The van der Waals surface area contributed by atoms with E-state index in [0.717, 1.165) is 6.42 Å². The summed E-state index contributed by atoms with van der Waals surface area (Å²) in [4.78, 5) is 13.6. The lowest BCUT2D eigenvalue weighted by Gasteiger charge is -2.26. The molecule has 1 aromatic carbocycles. The number of carbonyl (C=O) groups is 1. The number of nitrogens with zero attached hydrogens (tertiary/aromatic N) is 1. The predicted molar refractivity (Wildman–Crippen MR) is 89.6 cm³/mol. The normalized spacial score (nSPS) is 11.3. The van der Waals surface area contributed by atoms with E-state index < -0.39 is 5.60 Å². The minimum atomic E-state index is -0.490. The maximum absolute atomic E-state index is 12.0. The van der Waals surface area contributed by atoms with E-state index in [2.05, 4.69) is 5.32 Å². The molecule has 0 atom stereocenters. The van der Waals surface area contributed by atoms with E-state index in [4.69, 9.17) is 4.74 Å². The molecule has 6 heteroatoms. The number of aromatic hydroxyl groups is 2. The highest BCUT2D eigenvalue weighted by Crippen LogP contribution is 2.27. The average Bonchev–Trinajstić information content (AvgIpc) is 2.45. The van der Waals surface area contributed by atoms with Crippen LogP contribution in [0.1, 0.15) is 39.7 Å². The number of phenols is 2. The molecule has 0 saturated carbocycles. The van der Waals surface area contributed by atoms with Crippen LogP contribution in [0.3, 0.4) is 0 Å². The Morgan fingerprint density at radius 3 is 2.61 bits per heavy atom. The fraction of sp³-hybridized carbons (Fsp3) is 0.588. The van der Waals surface area contributed by atoms with E-state index in [-0.39, 0.29) is 17.6 Å². The van der Waals surface area contributed by atoms with Gasteiger partial charge in [0.15, 0.2) is 11.5 Å². The number of hydrogen-bond acceptors (Lipinski definition) is 5. The van der Waals surface area contributed by atoms with Crippen LogP contribution in [-0.4, -0.2) is 46.4 Å². The molecule has 0 heterocycles. The quantitative estimate of drug-likeness (QED) is 0.531. The monoisotopic (exact) mass is 324 g/mol. The lowest BCUT2D eigenvalue weighted by atomic mass is 10.2. The van der Waals surface area contributed by atoms with Crippen LogP contribution in [0.25, 0.3) is 0 Å². The number of carbonyl (C=O) groups excluding carboxylic acids is 1. The molecule has 0 radical (unpaired) electrons. The Hall–Kier alpha value is -1.95. The first-order valence-electron chi connectivity index (χ1n) is 7.93. The maximum atomic E-state index is 12.0. The third kappa shape index (κ3) is 6.78. The van der Waals surface area contributed by atoms with Gasteiger partial charge in [0.25, 0.3) is 0 Å². The van der Waals surface area contributed by atoms with Crippen molar-refractivity contribution < 1.29 is 19.7 Å². The first-order chi connectivity index (χ1) is 10.7. The second-order valence-electron chi connectivity index (χ2n) is 6.38. The molecule has 1 amide bonds. The molecule has 0 spiro atoms. The van der Waals surface area contributed by atoms with Crippen LogP contribution >= 0.6 is 0 Å². The van der Waals surface area contributed by atoms with Gasteiger partial charge in [0.2, 0.25) is 0 Å². The largest absolute Gasteiger partial charge is 0.504 e. The Morgan fingerprint density at radius 2 is 2.00 bits per heavy atom. The van der Waals surface area contributed by atoms with Gasteiger partial charge >= 0.3 is 6.09 Å². The number of nitrogens with one attached hydrogen (secondary N) is 1. The summed E-state index contributed by atoms with van der Waals surface area (Å²) in [6.07, 6.45) is 0.470. The van der Waals surface area contributed by atoms with Crippen LogP contribution < -0.4 is 5.32 Å². The van der Waals surface area contributed by atoms with Gasteiger partial charge in [-0.15, -0.1) is 0 Å². The van der Waals surface area contributed by atoms with Gasteiger partial charge in [-0.1, -0.05) is 12.1 Å². The van der Waals surface area contributed by atoms with Gasteiger partial charge in [0.05, 0.1) is 0 Å². The molecule has 1 aromatic rings. The van der Waals surface area contributed by atoms with Crippen LogP contribution in [0.15, 0.2) is 18.2 Å². The molecule has 0 fully saturated rings. The molecule has 0 unspecified atom stereocenters. The van der Waals surface area contributed by atoms with Crippen molar-refractivity contribution in [1.29, 1.82) is 0 Å². The Morgan fingerprint density at radius 1 is 1.30 bits per heavy atom. The standard InChI is InChI=1S/C17H28N2O4/c1-5-19(16(22)23-17(2,3)4)11-7-10-18-12-13-8-6-9-14(20)15(13)21/h6,8-9,18,20-21H,5,7,10-12H2,1-4H3. The third-order valence-corrected chi connectivity index (χ3v) is 3.23. The molecule has 0 aliphatic carbocycles. The van der Waals surface area contributed by atoms with E-state index >= 15 is 0 Å². The van der Waals surface area contributed by atoms with Crippen molar-refractivity contribution in [2.24, 2.45) is 0 Å². The Balaban J connectivity index is 2.32. The van der Waals surface area contributed by atoms with Gasteiger partial charge in [0.1, 0.15) is 5.60 Å². The zero-order chi connectivity index (χ0) is 17.5. The smallest absolute Gasteiger partial charge is 0.410 e. The first kappa shape index (κ1) is 19.1. The summed E-state index contributed by atoms with van der Waals surface area (Å²) in [5, 5.41) is 22.3. The molecule has 130 valence electrons. The van der Waals surface area contributed by atoms with Gasteiger partial charge in [-0.2, -0.15) is 0 Å². The van der Waals surface area contributed by atoms with Gasteiger partial charge in [0, 0.05) is 25.2 Å². The highest BCUT2D eigenvalue weighted by molar-refractivity contribution is 5.68. The fourth-order valence-corrected chi connectivity index (χ4v) is 2.04. The van der Waals surface area contributed by atoms with Gasteiger partial charge in [-0.05, 0) is 46.7 Å². The summed E-state index contributed by atoms with van der Waals surface area (Å²) in [7, 11) is 0. The molecule has 1 rings (SSSR count). The maximum Gasteiger partial charge on any atom is 0.410 e. The van der Waals surface area contributed by atoms with Crippen LogP contribution in [0.4, 0.5) is 4.79 Å². The van der Waals surface area contributed by atoms with Crippen LogP contribution in [0, 0.1) is 0 Å². The molecule has 3 N–H and O–H groups in total. The summed E-state index contributed by atoms with van der Waals surface area (Å²) in [5.41, 5.74) is 0.153. The number of rotatable bonds is 7. The van der Waals surface area contributed by atoms with Crippen LogP contribution in [0.2, 0.25) is 0 Å². The lowest BCUT2D eigenvalue weighted by molar-refractivity contribution is 0.0258. The summed E-state index contributed by atoms with van der Waals surface area (Å²) < 4.78 is 5.35. The molecule has 0 aromatic heterocycles. The van der Waals surface area contributed by atoms with Crippen molar-refractivity contribution >= 4 is 6.09 Å². The Labute approximate surface area is 138 Å². The van der Waals surface area contributed by atoms with Gasteiger partial charge < -0.3 is 25.2 Å². The zero-order valence-corrected chi connectivity index (χ0v) is 14.4. The molecule has 0 aliphatic rings. The van der Waals surface area contributed by atoms with E-state index in [0.29, 0.717) is 31.7 Å². The first-order valence-corrected chi connectivity index (χ1v) is 7.93. The molecule has 6 nitrogen and oxygen atoms in total. The van der Waals surface area contributed by atoms with E-state index in [9.17, 15) is 15.0 Å². The molecular weight excluding hydrogens is 296 g/mol. The van der Waals surface area contributed by atoms with Crippen LogP contribution in [-0.2, 0) is 11.3 Å². The second kappa shape index (κ2) is 8.62. The zero-order valence-electron chi connectivity index (χ0n) is 14.4. The third-order valence-electron chi connectivity index (χ3n) is 3.23. The summed E-state index contributed by atoms with van der Waals surface area (Å²) in [6.45, 7) is 9.81. The van der Waals surface area contributed by atoms with Crippen molar-refractivity contribution in [3.05, 3.63) is 23.8 Å². The average molecular weight is 324 g/mol. The molecular formula is C17H28N2O4. The molecule has 0 bridgehead atoms. The van der Waals surface area contributed by atoms with E-state index in [1.54, 1.807) is 17.0 Å². The minimum absolute atomic E-state index is 0.0936. The fourth-order valence-electron chi connectivity index (χ4n) is 2.04. The minimum Gasteiger partial charge on any atom is -0.504 e. The van der Waals surface area contributed by atoms with Crippen molar-refractivity contribution in [1.82, 2.24) is 10.2 Å². The van der Waals surface area contributed by atoms with Crippen molar-refractivity contribution in [3.8, 4) is 11.5 Å². The summed E-state index contributed by atoms with van der Waals surface area (Å²) >= 11 is 0. The van der Waals surface area contributed by atoms with Crippen LogP contribution in [0.5, 0.6) is 11.5 Å². The summed E-state index contributed by atoms with van der Waals surface area (Å²) in [5.74, 6) is -0.213. The topological polar surface area (TPSA) is 82.0 Å². The van der Waals surface area contributed by atoms with E-state index in [1.165, 1.54) is 6.07 Å². The van der Waals surface area contributed by atoms with Crippen molar-refractivity contribution in [2.75, 3.05) is 19.6 Å². The molecule has 0 saturated heterocycles. The number of para-hydroxylation sites is 1. The van der Waals surface area contributed by atoms with E-state index in [1.807, 2.05) is 27.7 Å². The molecule has 23 heavy (non-hydrogen) atoms. The van der Waals surface area contributed by atoms with Crippen molar-refractivity contribution in [3.63, 3.8) is 0 Å². The Bertz CT molecular complexity index is 512. The van der Waals surface area contributed by atoms with Gasteiger partial charge in [-0.3, -0.25) is 0 Å². The SMILES string of the molecule is CCN(CCCNCc1cccc(O)c1O)C(=O)OC(C)(C)C. The lowest BCUT2D eigenvalue weighted by Crippen LogP contribution is -2.38. The highest BCUT2D eigenvalue weighted by atomic mass is 16.6. The number of hydrogen-bond donors (Lipinski definition) is 3. The number of ether oxygens (including phenoxy) is 1. The predicted octanol–water partition coefficient (Wildman–Crippen LogP) is 2.83. The second-order valence-corrected chi connectivity index (χ2v) is 6.38. The Kier molecular flexibility index (Phi) is 7.16. The number of benzene rings is 1. The highest BCUT2D eigenvalue weighted by Gasteiger charge is 2.20. The van der Waals surface area contributed by atoms with Gasteiger partial charge in [-0.25, -0.2) is 4.79 Å². The molecule has 0 aliphatic heterocycles. The summed E-state index contributed by atoms with van der Waals surface area (Å²) in [6, 6.07) is 4.88. The number of amides is 1. The number of phenolic OH excluding ortho intramolecular Hbond substituents is 2.